The SMILES string of the molecule is CC(C)CCN(C[C@@H](O)[C@H](Cc1ccccc1)NC(=O)OCc1ccccc1)S(=O)(=O)c1ccccc1. The van der Waals surface area contributed by atoms with Gasteiger partial charge in [-0.3, -0.25) is 0 Å². The van der Waals surface area contributed by atoms with Gasteiger partial charge in [0.15, 0.2) is 0 Å². The number of aliphatic hydroxyl groups excluding tert-OH is 1. The number of carbonyl (C=O) groups excluding carboxylic acids is 1. The molecule has 0 spiro atoms. The van der Waals surface area contributed by atoms with Crippen molar-refractivity contribution in [1.82, 2.24) is 9.62 Å². The summed E-state index contributed by atoms with van der Waals surface area (Å²) < 4.78 is 33.6. The van der Waals surface area contributed by atoms with Gasteiger partial charge in [-0.25, -0.2) is 13.2 Å². The molecule has 0 aliphatic rings. The van der Waals surface area contributed by atoms with Crippen LogP contribution in [0.3, 0.4) is 0 Å². The molecule has 0 radical (unpaired) electrons. The fourth-order valence-corrected chi connectivity index (χ4v) is 5.35. The van der Waals surface area contributed by atoms with Crippen molar-refractivity contribution in [3.8, 4) is 0 Å². The van der Waals surface area contributed by atoms with E-state index in [1.807, 2.05) is 74.5 Å². The van der Waals surface area contributed by atoms with Crippen LogP contribution >= 0.6 is 0 Å². The molecule has 0 aliphatic heterocycles. The van der Waals surface area contributed by atoms with E-state index in [0.717, 1.165) is 11.1 Å². The largest absolute Gasteiger partial charge is 0.445 e. The first-order valence-electron chi connectivity index (χ1n) is 12.5. The quantitative estimate of drug-likeness (QED) is 0.340. The number of aliphatic hydroxyl groups is 1. The van der Waals surface area contributed by atoms with E-state index in [0.29, 0.717) is 12.8 Å². The molecule has 3 aromatic carbocycles. The van der Waals surface area contributed by atoms with Gasteiger partial charge in [0.05, 0.1) is 17.0 Å². The molecule has 0 bridgehead atoms. The minimum absolute atomic E-state index is 0.0870. The fourth-order valence-electron chi connectivity index (χ4n) is 3.86. The number of sulfonamides is 1. The molecule has 2 N–H and O–H groups in total. The van der Waals surface area contributed by atoms with Crippen LogP contribution in [0, 0.1) is 5.92 Å². The molecule has 0 saturated carbocycles. The van der Waals surface area contributed by atoms with Gasteiger partial charge in [0.25, 0.3) is 0 Å². The van der Waals surface area contributed by atoms with E-state index in [4.69, 9.17) is 4.74 Å². The topological polar surface area (TPSA) is 95.9 Å². The number of hydrogen-bond acceptors (Lipinski definition) is 5. The van der Waals surface area contributed by atoms with Crippen LogP contribution < -0.4 is 5.32 Å². The molecule has 1 amide bonds. The zero-order chi connectivity index (χ0) is 26.7. The van der Waals surface area contributed by atoms with Crippen molar-refractivity contribution in [3.05, 3.63) is 102 Å². The highest BCUT2D eigenvalue weighted by Gasteiger charge is 2.31. The second-order valence-electron chi connectivity index (χ2n) is 9.43. The molecule has 0 unspecified atom stereocenters. The maximum Gasteiger partial charge on any atom is 0.407 e. The van der Waals surface area contributed by atoms with Gasteiger partial charge in [-0.05, 0) is 42.0 Å². The number of carbonyl (C=O) groups is 1. The van der Waals surface area contributed by atoms with Gasteiger partial charge in [-0.2, -0.15) is 4.31 Å². The van der Waals surface area contributed by atoms with Crippen LogP contribution in [-0.2, 0) is 27.8 Å². The summed E-state index contributed by atoms with van der Waals surface area (Å²) in [5.41, 5.74) is 1.74. The Kier molecular flexibility index (Phi) is 10.7. The van der Waals surface area contributed by atoms with E-state index in [2.05, 4.69) is 5.32 Å². The van der Waals surface area contributed by atoms with E-state index >= 15 is 0 Å². The molecule has 37 heavy (non-hydrogen) atoms. The van der Waals surface area contributed by atoms with Crippen LogP contribution in [0.15, 0.2) is 95.9 Å². The van der Waals surface area contributed by atoms with Crippen molar-refractivity contribution in [2.75, 3.05) is 13.1 Å². The van der Waals surface area contributed by atoms with Crippen LogP contribution in [-0.4, -0.2) is 49.2 Å². The smallest absolute Gasteiger partial charge is 0.407 e. The van der Waals surface area contributed by atoms with Gasteiger partial charge in [0, 0.05) is 13.1 Å². The standard InChI is InChI=1S/C29H36N2O5S/c1-23(2)18-19-31(37(34,35)26-16-10-5-11-17-26)21-28(32)27(20-24-12-6-3-7-13-24)30-29(33)36-22-25-14-8-4-9-15-25/h3-17,23,27-28,32H,18-22H2,1-2H3,(H,30,33)/t27-,28+/m0/s1. The Labute approximate surface area is 220 Å². The highest BCUT2D eigenvalue weighted by atomic mass is 32.2. The van der Waals surface area contributed by atoms with Crippen molar-refractivity contribution in [1.29, 1.82) is 0 Å². The maximum atomic E-state index is 13.4. The van der Waals surface area contributed by atoms with E-state index in [1.165, 1.54) is 4.31 Å². The molecule has 3 rings (SSSR count). The van der Waals surface area contributed by atoms with Crippen LogP contribution in [0.25, 0.3) is 0 Å². The van der Waals surface area contributed by atoms with E-state index in [9.17, 15) is 18.3 Å². The van der Waals surface area contributed by atoms with Gasteiger partial charge < -0.3 is 15.2 Å². The normalized spacial score (nSPS) is 13.3. The lowest BCUT2D eigenvalue weighted by Gasteiger charge is -2.30. The summed E-state index contributed by atoms with van der Waals surface area (Å²) in [4.78, 5) is 12.8. The Hall–Kier alpha value is -3.20. The minimum Gasteiger partial charge on any atom is -0.445 e. The van der Waals surface area contributed by atoms with Crippen molar-refractivity contribution in [3.63, 3.8) is 0 Å². The van der Waals surface area contributed by atoms with Crippen molar-refractivity contribution < 1.29 is 23.1 Å². The summed E-state index contributed by atoms with van der Waals surface area (Å²) in [5, 5.41) is 14.0. The maximum absolute atomic E-state index is 13.4. The van der Waals surface area contributed by atoms with E-state index < -0.39 is 28.3 Å². The highest BCUT2D eigenvalue weighted by Crippen LogP contribution is 2.19. The third kappa shape index (κ3) is 9.00. The first-order valence-corrected chi connectivity index (χ1v) is 13.9. The zero-order valence-corrected chi connectivity index (χ0v) is 22.2. The lowest BCUT2D eigenvalue weighted by molar-refractivity contribution is 0.0883. The summed E-state index contributed by atoms with van der Waals surface area (Å²) in [6.45, 7) is 4.21. The van der Waals surface area contributed by atoms with Gasteiger partial charge in [0.2, 0.25) is 10.0 Å². The average Bonchev–Trinajstić information content (AvgIpc) is 2.91. The Morgan fingerprint density at radius 2 is 1.43 bits per heavy atom. The summed E-state index contributed by atoms with van der Waals surface area (Å²) in [5.74, 6) is 0.275. The van der Waals surface area contributed by atoms with Crippen molar-refractivity contribution in [2.24, 2.45) is 5.92 Å². The molecule has 0 aliphatic carbocycles. The van der Waals surface area contributed by atoms with E-state index in [-0.39, 0.29) is 30.5 Å². The molecule has 3 aromatic rings. The molecule has 0 aromatic heterocycles. The lowest BCUT2D eigenvalue weighted by atomic mass is 10.0. The Bertz CT molecular complexity index is 1190. The van der Waals surface area contributed by atoms with E-state index in [1.54, 1.807) is 30.3 Å². The highest BCUT2D eigenvalue weighted by molar-refractivity contribution is 7.89. The molecule has 0 saturated heterocycles. The number of nitrogens with zero attached hydrogens (tertiary/aromatic N) is 1. The van der Waals surface area contributed by atoms with Gasteiger partial charge in [-0.15, -0.1) is 0 Å². The molecular formula is C29H36N2O5S. The molecule has 0 heterocycles. The monoisotopic (exact) mass is 524 g/mol. The second-order valence-corrected chi connectivity index (χ2v) is 11.4. The number of ether oxygens (including phenoxy) is 1. The van der Waals surface area contributed by atoms with Gasteiger partial charge in [-0.1, -0.05) is 92.7 Å². The molecule has 8 heteroatoms. The summed E-state index contributed by atoms with van der Waals surface area (Å²) >= 11 is 0. The molecule has 198 valence electrons. The number of alkyl carbamates (subject to hydrolysis) is 1. The third-order valence-corrected chi connectivity index (χ3v) is 7.89. The van der Waals surface area contributed by atoms with Gasteiger partial charge >= 0.3 is 6.09 Å². The number of hydrogen-bond donors (Lipinski definition) is 2. The molecule has 0 fully saturated rings. The summed E-state index contributed by atoms with van der Waals surface area (Å²) in [7, 11) is -3.84. The van der Waals surface area contributed by atoms with Crippen LogP contribution in [0.4, 0.5) is 4.79 Å². The van der Waals surface area contributed by atoms with Crippen LogP contribution in [0.1, 0.15) is 31.4 Å². The average molecular weight is 525 g/mol. The first-order chi connectivity index (χ1) is 17.8. The molecular weight excluding hydrogens is 488 g/mol. The predicted octanol–water partition coefficient (Wildman–Crippen LogP) is 4.62. The summed E-state index contributed by atoms with van der Waals surface area (Å²) in [6, 6.07) is 26.2. The van der Waals surface area contributed by atoms with Gasteiger partial charge in [0.1, 0.15) is 6.61 Å². The summed E-state index contributed by atoms with van der Waals surface area (Å²) in [6.07, 6.45) is -0.904. The Morgan fingerprint density at radius 3 is 2.00 bits per heavy atom. The van der Waals surface area contributed by atoms with Crippen LogP contribution in [0.5, 0.6) is 0 Å². The molecule has 2 atom stereocenters. The number of amides is 1. The van der Waals surface area contributed by atoms with Crippen molar-refractivity contribution >= 4 is 16.1 Å². The predicted molar refractivity (Wildman–Crippen MR) is 144 cm³/mol. The number of nitrogens with one attached hydrogen (secondary N) is 1. The first kappa shape index (κ1) is 28.4. The fraction of sp³-hybridized carbons (Fsp3) is 0.345. The Morgan fingerprint density at radius 1 is 0.892 bits per heavy atom. The van der Waals surface area contributed by atoms with Crippen LogP contribution in [0.2, 0.25) is 0 Å². The number of rotatable bonds is 13. The third-order valence-electron chi connectivity index (χ3n) is 6.01. The number of benzene rings is 3. The lowest BCUT2D eigenvalue weighted by Crippen LogP contribution is -2.50. The zero-order valence-electron chi connectivity index (χ0n) is 21.4. The van der Waals surface area contributed by atoms with Crippen molar-refractivity contribution in [2.45, 2.75) is 50.3 Å². The second kappa shape index (κ2) is 13.9. The molecule has 7 nitrogen and oxygen atoms in total. The minimum atomic E-state index is -3.84. The Balaban J connectivity index is 1.78.